The Morgan fingerprint density at radius 2 is 2.14 bits per heavy atom. The van der Waals surface area contributed by atoms with Crippen LogP contribution in [0, 0.1) is 11.7 Å². The highest BCUT2D eigenvalue weighted by molar-refractivity contribution is 5.85. The average Bonchev–Trinajstić information content (AvgIpc) is 2.50. The standard InChI is InChI=1S/C17H23FN2O2/c1-4-11(2)19-17(22)13-9-10-15(21)20(3)16(13)12-7-5-6-8-14(12)18/h5-8,11,13,16H,4,9-10H2,1-3H3,(H,19,22)/t11-,13-,16-/m0/s1. The molecular formula is C17H23FN2O2. The predicted octanol–water partition coefficient (Wildman–Crippen LogP) is 2.65. The van der Waals surface area contributed by atoms with Crippen molar-refractivity contribution in [2.75, 3.05) is 7.05 Å². The lowest BCUT2D eigenvalue weighted by Gasteiger charge is -2.39. The van der Waals surface area contributed by atoms with Crippen molar-refractivity contribution < 1.29 is 14.0 Å². The zero-order valence-electron chi connectivity index (χ0n) is 13.3. The van der Waals surface area contributed by atoms with Crippen molar-refractivity contribution in [3.63, 3.8) is 0 Å². The third kappa shape index (κ3) is 3.29. The number of halogens is 1. The maximum absolute atomic E-state index is 14.2. The summed E-state index contributed by atoms with van der Waals surface area (Å²) in [7, 11) is 1.64. The van der Waals surface area contributed by atoms with Gasteiger partial charge in [-0.25, -0.2) is 4.39 Å². The van der Waals surface area contributed by atoms with Crippen LogP contribution in [0.3, 0.4) is 0 Å². The molecule has 1 aliphatic heterocycles. The molecule has 3 atom stereocenters. The summed E-state index contributed by atoms with van der Waals surface area (Å²) in [5, 5.41) is 2.95. The van der Waals surface area contributed by atoms with Gasteiger partial charge in [-0.2, -0.15) is 0 Å². The van der Waals surface area contributed by atoms with Crippen LogP contribution in [0.25, 0.3) is 0 Å². The molecule has 120 valence electrons. The van der Waals surface area contributed by atoms with E-state index in [2.05, 4.69) is 5.32 Å². The highest BCUT2D eigenvalue weighted by atomic mass is 19.1. The third-order valence-corrected chi connectivity index (χ3v) is 4.42. The normalized spacial score (nSPS) is 23.3. The number of hydrogen-bond acceptors (Lipinski definition) is 2. The Morgan fingerprint density at radius 3 is 2.77 bits per heavy atom. The van der Waals surface area contributed by atoms with Crippen LogP contribution in [0.1, 0.15) is 44.7 Å². The summed E-state index contributed by atoms with van der Waals surface area (Å²) in [6.07, 6.45) is 1.60. The van der Waals surface area contributed by atoms with Gasteiger partial charge in [0.05, 0.1) is 12.0 Å². The number of amides is 2. The Morgan fingerprint density at radius 1 is 1.45 bits per heavy atom. The highest BCUT2D eigenvalue weighted by Crippen LogP contribution is 2.37. The van der Waals surface area contributed by atoms with Gasteiger partial charge in [0.15, 0.2) is 0 Å². The Balaban J connectivity index is 2.32. The van der Waals surface area contributed by atoms with Crippen LogP contribution >= 0.6 is 0 Å². The van der Waals surface area contributed by atoms with Crippen LogP contribution < -0.4 is 5.32 Å². The first-order chi connectivity index (χ1) is 10.5. The fourth-order valence-electron chi connectivity index (χ4n) is 2.91. The van der Waals surface area contributed by atoms with Crippen molar-refractivity contribution in [1.29, 1.82) is 0 Å². The molecule has 1 aliphatic rings. The van der Waals surface area contributed by atoms with Crippen LogP contribution in [0.4, 0.5) is 4.39 Å². The summed E-state index contributed by atoms with van der Waals surface area (Å²) in [5.41, 5.74) is 0.405. The topological polar surface area (TPSA) is 49.4 Å². The van der Waals surface area contributed by atoms with E-state index in [4.69, 9.17) is 0 Å². The van der Waals surface area contributed by atoms with E-state index in [0.717, 1.165) is 6.42 Å². The van der Waals surface area contributed by atoms with Gasteiger partial charge in [0.25, 0.3) is 0 Å². The molecule has 0 aliphatic carbocycles. The minimum Gasteiger partial charge on any atom is -0.353 e. The maximum Gasteiger partial charge on any atom is 0.225 e. The van der Waals surface area contributed by atoms with Crippen molar-refractivity contribution >= 4 is 11.8 Å². The Labute approximate surface area is 130 Å². The quantitative estimate of drug-likeness (QED) is 0.929. The maximum atomic E-state index is 14.2. The van der Waals surface area contributed by atoms with Crippen molar-refractivity contribution in [3.05, 3.63) is 35.6 Å². The van der Waals surface area contributed by atoms with E-state index in [0.29, 0.717) is 18.4 Å². The lowest BCUT2D eigenvalue weighted by Crippen LogP contribution is -2.48. The zero-order chi connectivity index (χ0) is 16.3. The molecular weight excluding hydrogens is 283 g/mol. The van der Waals surface area contributed by atoms with Gasteiger partial charge >= 0.3 is 0 Å². The molecule has 1 N–H and O–H groups in total. The molecule has 1 heterocycles. The van der Waals surface area contributed by atoms with Crippen LogP contribution in [-0.4, -0.2) is 29.8 Å². The summed E-state index contributed by atoms with van der Waals surface area (Å²) >= 11 is 0. The van der Waals surface area contributed by atoms with Crippen molar-refractivity contribution in [2.45, 2.75) is 45.2 Å². The summed E-state index contributed by atoms with van der Waals surface area (Å²) in [4.78, 5) is 26.1. The van der Waals surface area contributed by atoms with E-state index >= 15 is 0 Å². The summed E-state index contributed by atoms with van der Waals surface area (Å²) in [5.74, 6) is -0.966. The Kier molecular flexibility index (Phi) is 5.16. The Bertz CT molecular complexity index is 561. The lowest BCUT2D eigenvalue weighted by molar-refractivity contribution is -0.141. The van der Waals surface area contributed by atoms with Gasteiger partial charge < -0.3 is 10.2 Å². The number of nitrogens with one attached hydrogen (secondary N) is 1. The number of benzene rings is 1. The molecule has 1 fully saturated rings. The van der Waals surface area contributed by atoms with E-state index in [1.165, 1.54) is 11.0 Å². The molecule has 0 aromatic heterocycles. The molecule has 2 rings (SSSR count). The molecule has 1 saturated heterocycles. The minimum atomic E-state index is -0.550. The SMILES string of the molecule is CC[C@H](C)NC(=O)[C@H]1CCC(=O)N(C)[C@H]1c1ccccc1F. The van der Waals surface area contributed by atoms with E-state index in [1.807, 2.05) is 13.8 Å². The molecule has 0 unspecified atom stereocenters. The molecule has 22 heavy (non-hydrogen) atoms. The molecule has 0 saturated carbocycles. The Hall–Kier alpha value is -1.91. The van der Waals surface area contributed by atoms with Crippen LogP contribution in [-0.2, 0) is 9.59 Å². The molecule has 0 radical (unpaired) electrons. The smallest absolute Gasteiger partial charge is 0.225 e. The van der Waals surface area contributed by atoms with Gasteiger partial charge in [-0.1, -0.05) is 25.1 Å². The summed E-state index contributed by atoms with van der Waals surface area (Å²) in [6.45, 7) is 3.93. The first-order valence-corrected chi connectivity index (χ1v) is 7.76. The highest BCUT2D eigenvalue weighted by Gasteiger charge is 2.40. The first kappa shape index (κ1) is 16.5. The van der Waals surface area contributed by atoms with E-state index in [1.54, 1.807) is 25.2 Å². The number of piperidine rings is 1. The number of hydrogen-bond donors (Lipinski definition) is 1. The number of carbonyl (C=O) groups is 2. The van der Waals surface area contributed by atoms with Crippen molar-refractivity contribution in [3.8, 4) is 0 Å². The summed E-state index contributed by atoms with van der Waals surface area (Å²) in [6, 6.07) is 5.88. The van der Waals surface area contributed by atoms with E-state index < -0.39 is 12.0 Å². The number of rotatable bonds is 4. The third-order valence-electron chi connectivity index (χ3n) is 4.42. The van der Waals surface area contributed by atoms with Gasteiger partial charge in [-0.05, 0) is 25.8 Å². The molecule has 4 nitrogen and oxygen atoms in total. The first-order valence-electron chi connectivity index (χ1n) is 7.76. The molecule has 1 aromatic carbocycles. The van der Waals surface area contributed by atoms with Gasteiger partial charge in [0, 0.05) is 25.1 Å². The average molecular weight is 306 g/mol. The van der Waals surface area contributed by atoms with E-state index in [9.17, 15) is 14.0 Å². The van der Waals surface area contributed by atoms with Gasteiger partial charge in [0.2, 0.25) is 11.8 Å². The second-order valence-corrected chi connectivity index (χ2v) is 5.93. The second kappa shape index (κ2) is 6.90. The fraction of sp³-hybridized carbons (Fsp3) is 0.529. The lowest BCUT2D eigenvalue weighted by atomic mass is 9.83. The van der Waals surface area contributed by atoms with E-state index in [-0.39, 0.29) is 23.7 Å². The van der Waals surface area contributed by atoms with Crippen LogP contribution in [0.5, 0.6) is 0 Å². The number of likely N-dealkylation sites (tertiary alicyclic amines) is 1. The van der Waals surface area contributed by atoms with Crippen molar-refractivity contribution in [2.24, 2.45) is 5.92 Å². The van der Waals surface area contributed by atoms with Gasteiger partial charge in [-0.3, -0.25) is 9.59 Å². The molecule has 0 bridgehead atoms. The molecule has 5 heteroatoms. The minimum absolute atomic E-state index is 0.0548. The molecule has 1 aromatic rings. The fourth-order valence-corrected chi connectivity index (χ4v) is 2.91. The molecule has 0 spiro atoms. The van der Waals surface area contributed by atoms with Crippen LogP contribution in [0.2, 0.25) is 0 Å². The zero-order valence-corrected chi connectivity index (χ0v) is 13.3. The largest absolute Gasteiger partial charge is 0.353 e. The second-order valence-electron chi connectivity index (χ2n) is 5.93. The number of nitrogens with zero attached hydrogens (tertiary/aromatic N) is 1. The van der Waals surface area contributed by atoms with Gasteiger partial charge in [0.1, 0.15) is 5.82 Å². The van der Waals surface area contributed by atoms with Crippen molar-refractivity contribution in [1.82, 2.24) is 10.2 Å². The predicted molar refractivity (Wildman–Crippen MR) is 82.5 cm³/mol. The van der Waals surface area contributed by atoms with Gasteiger partial charge in [-0.15, -0.1) is 0 Å². The summed E-state index contributed by atoms with van der Waals surface area (Å²) < 4.78 is 14.2. The number of carbonyl (C=O) groups excluding carboxylic acids is 2. The van der Waals surface area contributed by atoms with Crippen LogP contribution in [0.15, 0.2) is 24.3 Å². The molecule has 2 amide bonds. The monoisotopic (exact) mass is 306 g/mol.